The number of nitrogens with two attached hydrogens (primary N) is 1. The van der Waals surface area contributed by atoms with Gasteiger partial charge < -0.3 is 5.73 Å². The Morgan fingerprint density at radius 1 is 1.31 bits per heavy atom. The van der Waals surface area contributed by atoms with Crippen molar-refractivity contribution in [3.05, 3.63) is 21.9 Å². The largest absolute Gasteiger partial charge is 0.323 e. The van der Waals surface area contributed by atoms with Crippen LogP contribution in [0.4, 0.5) is 0 Å². The van der Waals surface area contributed by atoms with Crippen molar-refractivity contribution in [2.75, 3.05) is 0 Å². The lowest BCUT2D eigenvalue weighted by Gasteiger charge is -2.19. The minimum atomic E-state index is 0.281. The topological polar surface area (TPSA) is 26.0 Å². The molecule has 1 aliphatic rings. The van der Waals surface area contributed by atoms with E-state index in [1.165, 1.54) is 55.4 Å². The molecule has 0 spiro atoms. The summed E-state index contributed by atoms with van der Waals surface area (Å²) in [7, 11) is 0. The lowest BCUT2D eigenvalue weighted by Crippen LogP contribution is -2.15. The predicted octanol–water partition coefficient (Wildman–Crippen LogP) is 4.42. The van der Waals surface area contributed by atoms with Crippen molar-refractivity contribution in [3.63, 3.8) is 0 Å². The Morgan fingerprint density at radius 2 is 2.00 bits per heavy atom. The lowest BCUT2D eigenvalue weighted by molar-refractivity contribution is 0.394. The Hall–Kier alpha value is -0.340. The number of hydrogen-bond donors (Lipinski definition) is 1. The van der Waals surface area contributed by atoms with Crippen molar-refractivity contribution in [2.45, 2.75) is 57.9 Å². The quantitative estimate of drug-likeness (QED) is 0.774. The van der Waals surface area contributed by atoms with Crippen LogP contribution in [0, 0.1) is 12.8 Å². The first-order chi connectivity index (χ1) is 7.77. The lowest BCUT2D eigenvalue weighted by atomic mass is 9.92. The molecule has 0 bridgehead atoms. The molecular weight excluding hydrogens is 214 g/mol. The summed E-state index contributed by atoms with van der Waals surface area (Å²) in [4.78, 5) is 1.41. The summed E-state index contributed by atoms with van der Waals surface area (Å²) in [5.41, 5.74) is 7.71. The second-order valence-corrected chi connectivity index (χ2v) is 6.12. The fraction of sp³-hybridized carbons (Fsp3) is 0.714. The highest BCUT2D eigenvalue weighted by Gasteiger charge is 2.18. The zero-order valence-electron chi connectivity index (χ0n) is 10.2. The van der Waals surface area contributed by atoms with E-state index in [-0.39, 0.29) is 6.04 Å². The molecule has 1 fully saturated rings. The van der Waals surface area contributed by atoms with Crippen molar-refractivity contribution in [2.24, 2.45) is 11.7 Å². The van der Waals surface area contributed by atoms with Crippen molar-refractivity contribution in [1.29, 1.82) is 0 Å². The third-order valence-electron chi connectivity index (χ3n) is 3.80. The fourth-order valence-corrected chi connectivity index (χ4v) is 3.77. The van der Waals surface area contributed by atoms with Crippen LogP contribution in [0.5, 0.6) is 0 Å². The summed E-state index contributed by atoms with van der Waals surface area (Å²) in [6.45, 7) is 2.18. The van der Waals surface area contributed by atoms with E-state index >= 15 is 0 Å². The van der Waals surface area contributed by atoms with Crippen molar-refractivity contribution >= 4 is 11.3 Å². The predicted molar refractivity (Wildman–Crippen MR) is 71.8 cm³/mol. The average Bonchev–Trinajstić information content (AvgIpc) is 2.53. The standard InChI is InChI=1S/C14H23NS/c1-11-8-9-16-14(11)13(15)10-12-6-4-2-3-5-7-12/h8-9,12-13H,2-7,10,15H2,1H3. The molecule has 1 aromatic heterocycles. The summed E-state index contributed by atoms with van der Waals surface area (Å²) in [6.07, 6.45) is 9.70. The van der Waals surface area contributed by atoms with Gasteiger partial charge in [0.05, 0.1) is 0 Å². The van der Waals surface area contributed by atoms with Gasteiger partial charge >= 0.3 is 0 Å². The summed E-state index contributed by atoms with van der Waals surface area (Å²) in [6, 6.07) is 2.47. The molecule has 0 aromatic carbocycles. The van der Waals surface area contributed by atoms with Gasteiger partial charge in [0.25, 0.3) is 0 Å². The molecule has 0 amide bonds. The maximum Gasteiger partial charge on any atom is 0.0395 e. The Morgan fingerprint density at radius 3 is 2.56 bits per heavy atom. The second-order valence-electron chi connectivity index (χ2n) is 5.17. The third-order valence-corrected chi connectivity index (χ3v) is 4.95. The van der Waals surface area contributed by atoms with Gasteiger partial charge in [0, 0.05) is 10.9 Å². The van der Waals surface area contributed by atoms with Crippen LogP contribution in [-0.2, 0) is 0 Å². The van der Waals surface area contributed by atoms with E-state index in [1.54, 1.807) is 0 Å². The van der Waals surface area contributed by atoms with Gasteiger partial charge in [0.15, 0.2) is 0 Å². The van der Waals surface area contributed by atoms with Gasteiger partial charge in [-0.15, -0.1) is 11.3 Å². The van der Waals surface area contributed by atoms with E-state index in [4.69, 9.17) is 5.73 Å². The Kier molecular flexibility index (Phi) is 4.42. The SMILES string of the molecule is Cc1ccsc1C(N)CC1CCCCCC1. The summed E-state index contributed by atoms with van der Waals surface area (Å²) in [5, 5.41) is 2.16. The molecule has 16 heavy (non-hydrogen) atoms. The normalized spacial score (nSPS) is 20.6. The third kappa shape index (κ3) is 3.08. The molecule has 1 unspecified atom stereocenters. The van der Waals surface area contributed by atoms with Crippen molar-refractivity contribution < 1.29 is 0 Å². The summed E-state index contributed by atoms with van der Waals surface area (Å²) < 4.78 is 0. The van der Waals surface area contributed by atoms with Crippen LogP contribution in [0.3, 0.4) is 0 Å². The van der Waals surface area contributed by atoms with Gasteiger partial charge in [-0.2, -0.15) is 0 Å². The molecule has 1 aromatic rings. The van der Waals surface area contributed by atoms with E-state index in [1.807, 2.05) is 11.3 Å². The molecule has 1 aliphatic carbocycles. The minimum absolute atomic E-state index is 0.281. The molecule has 90 valence electrons. The minimum Gasteiger partial charge on any atom is -0.323 e. The molecular formula is C14H23NS. The Balaban J connectivity index is 1.91. The van der Waals surface area contributed by atoms with Gasteiger partial charge in [0.1, 0.15) is 0 Å². The van der Waals surface area contributed by atoms with Crippen LogP contribution in [0.1, 0.15) is 61.4 Å². The highest BCUT2D eigenvalue weighted by molar-refractivity contribution is 7.10. The number of thiophene rings is 1. The highest BCUT2D eigenvalue weighted by Crippen LogP contribution is 2.32. The van der Waals surface area contributed by atoms with Crippen molar-refractivity contribution in [3.8, 4) is 0 Å². The van der Waals surface area contributed by atoms with Gasteiger partial charge in [-0.05, 0) is 36.3 Å². The summed E-state index contributed by atoms with van der Waals surface area (Å²) in [5.74, 6) is 0.874. The van der Waals surface area contributed by atoms with Crippen LogP contribution in [0.15, 0.2) is 11.4 Å². The second kappa shape index (κ2) is 5.83. The first-order valence-electron chi connectivity index (χ1n) is 6.57. The Bertz CT molecular complexity index is 310. The van der Waals surface area contributed by atoms with Crippen LogP contribution in [0.2, 0.25) is 0 Å². The number of rotatable bonds is 3. The van der Waals surface area contributed by atoms with Crippen LogP contribution in [0.25, 0.3) is 0 Å². The van der Waals surface area contributed by atoms with E-state index in [0.717, 1.165) is 5.92 Å². The monoisotopic (exact) mass is 237 g/mol. The molecule has 1 heterocycles. The van der Waals surface area contributed by atoms with E-state index in [2.05, 4.69) is 18.4 Å². The molecule has 2 N–H and O–H groups in total. The number of hydrogen-bond acceptors (Lipinski definition) is 2. The van der Waals surface area contributed by atoms with Crippen LogP contribution >= 0.6 is 11.3 Å². The van der Waals surface area contributed by atoms with Gasteiger partial charge in [0.2, 0.25) is 0 Å². The molecule has 2 heteroatoms. The van der Waals surface area contributed by atoms with E-state index < -0.39 is 0 Å². The molecule has 2 rings (SSSR count). The van der Waals surface area contributed by atoms with E-state index in [0.29, 0.717) is 0 Å². The van der Waals surface area contributed by atoms with Gasteiger partial charge in [-0.1, -0.05) is 38.5 Å². The first-order valence-corrected chi connectivity index (χ1v) is 7.45. The summed E-state index contributed by atoms with van der Waals surface area (Å²) >= 11 is 1.83. The molecule has 0 aliphatic heterocycles. The zero-order chi connectivity index (χ0) is 11.4. The smallest absolute Gasteiger partial charge is 0.0395 e. The molecule has 0 radical (unpaired) electrons. The fourth-order valence-electron chi connectivity index (χ4n) is 2.83. The molecule has 1 saturated carbocycles. The molecule has 1 nitrogen and oxygen atoms in total. The maximum atomic E-state index is 6.33. The Labute approximate surface area is 103 Å². The van der Waals surface area contributed by atoms with E-state index in [9.17, 15) is 0 Å². The zero-order valence-corrected chi connectivity index (χ0v) is 11.1. The number of aryl methyl sites for hydroxylation is 1. The molecule has 1 atom stereocenters. The first kappa shape index (κ1) is 12.1. The van der Waals surface area contributed by atoms with Crippen molar-refractivity contribution in [1.82, 2.24) is 0 Å². The maximum absolute atomic E-state index is 6.33. The van der Waals surface area contributed by atoms with Crippen LogP contribution < -0.4 is 5.73 Å². The van der Waals surface area contributed by atoms with Gasteiger partial charge in [-0.3, -0.25) is 0 Å². The highest BCUT2D eigenvalue weighted by atomic mass is 32.1. The van der Waals surface area contributed by atoms with Gasteiger partial charge in [-0.25, -0.2) is 0 Å². The average molecular weight is 237 g/mol. The molecule has 0 saturated heterocycles. The van der Waals surface area contributed by atoms with Crippen LogP contribution in [-0.4, -0.2) is 0 Å².